The van der Waals surface area contributed by atoms with E-state index in [2.05, 4.69) is 11.1 Å². The fourth-order valence-corrected chi connectivity index (χ4v) is 1.33. The molecule has 0 aliphatic rings. The Kier molecular flexibility index (Phi) is 3.61. The number of hydrogen-bond donors (Lipinski definition) is 1. The summed E-state index contributed by atoms with van der Waals surface area (Å²) in [6, 6.07) is 2.07. The van der Waals surface area contributed by atoms with Crippen LogP contribution in [0.25, 0.3) is 0 Å². The molecule has 0 aliphatic carbocycles. The van der Waals surface area contributed by atoms with Crippen LogP contribution in [0.4, 0.5) is 0 Å². The number of hydrogen-bond acceptors (Lipinski definition) is 3. The predicted molar refractivity (Wildman–Crippen MR) is 57.0 cm³/mol. The van der Waals surface area contributed by atoms with Gasteiger partial charge in [0, 0.05) is 31.6 Å². The predicted octanol–water partition coefficient (Wildman–Crippen LogP) is 1.60. The lowest BCUT2D eigenvalue weighted by molar-refractivity contribution is 0.172. The maximum Gasteiger partial charge on any atom is 0.0483 e. The van der Waals surface area contributed by atoms with Gasteiger partial charge in [0.1, 0.15) is 0 Å². The first kappa shape index (κ1) is 11.1. The van der Waals surface area contributed by atoms with Crippen molar-refractivity contribution >= 4 is 0 Å². The third-order valence-corrected chi connectivity index (χ3v) is 2.36. The van der Waals surface area contributed by atoms with Gasteiger partial charge < -0.3 is 10.5 Å². The van der Waals surface area contributed by atoms with Crippen molar-refractivity contribution < 1.29 is 4.74 Å². The molecule has 1 atom stereocenters. The second-order valence-electron chi connectivity index (χ2n) is 3.91. The van der Waals surface area contributed by atoms with Gasteiger partial charge in [0.2, 0.25) is 0 Å². The number of aryl methyl sites for hydroxylation is 1. The fraction of sp³-hybridized carbons (Fsp3) is 0.545. The summed E-state index contributed by atoms with van der Waals surface area (Å²) < 4.78 is 5.03. The van der Waals surface area contributed by atoms with E-state index in [1.54, 1.807) is 7.11 Å². The number of rotatable bonds is 4. The van der Waals surface area contributed by atoms with Gasteiger partial charge >= 0.3 is 0 Å². The van der Waals surface area contributed by atoms with Crippen molar-refractivity contribution in [2.75, 3.05) is 13.7 Å². The SMILES string of the molecule is COCCC(C)(N)c1cncc(C)c1. The van der Waals surface area contributed by atoms with Crippen molar-refractivity contribution in [1.82, 2.24) is 4.98 Å². The largest absolute Gasteiger partial charge is 0.385 e. The summed E-state index contributed by atoms with van der Waals surface area (Å²) in [5.41, 5.74) is 8.02. The number of ether oxygens (including phenoxy) is 1. The van der Waals surface area contributed by atoms with Gasteiger partial charge in [-0.3, -0.25) is 4.98 Å². The summed E-state index contributed by atoms with van der Waals surface area (Å²) in [6.45, 7) is 4.69. The molecule has 14 heavy (non-hydrogen) atoms. The van der Waals surface area contributed by atoms with Crippen LogP contribution in [-0.4, -0.2) is 18.7 Å². The van der Waals surface area contributed by atoms with E-state index in [4.69, 9.17) is 10.5 Å². The molecule has 0 amide bonds. The van der Waals surface area contributed by atoms with Crippen LogP contribution in [0.5, 0.6) is 0 Å². The Morgan fingerprint density at radius 2 is 2.21 bits per heavy atom. The highest BCUT2D eigenvalue weighted by molar-refractivity contribution is 5.23. The van der Waals surface area contributed by atoms with Crippen molar-refractivity contribution in [3.63, 3.8) is 0 Å². The second kappa shape index (κ2) is 4.53. The number of pyridine rings is 1. The van der Waals surface area contributed by atoms with Crippen LogP contribution in [0.1, 0.15) is 24.5 Å². The van der Waals surface area contributed by atoms with E-state index in [9.17, 15) is 0 Å². The van der Waals surface area contributed by atoms with E-state index in [0.29, 0.717) is 6.61 Å². The van der Waals surface area contributed by atoms with E-state index in [-0.39, 0.29) is 5.54 Å². The maximum atomic E-state index is 6.17. The Balaban J connectivity index is 2.80. The zero-order chi connectivity index (χ0) is 10.6. The Labute approximate surface area is 85.3 Å². The van der Waals surface area contributed by atoms with Gasteiger partial charge in [-0.2, -0.15) is 0 Å². The topological polar surface area (TPSA) is 48.1 Å². The molecule has 78 valence electrons. The van der Waals surface area contributed by atoms with Crippen molar-refractivity contribution in [3.8, 4) is 0 Å². The second-order valence-corrected chi connectivity index (χ2v) is 3.91. The summed E-state index contributed by atoms with van der Waals surface area (Å²) in [5.74, 6) is 0. The molecule has 1 aromatic heterocycles. The zero-order valence-electron chi connectivity index (χ0n) is 9.08. The zero-order valence-corrected chi connectivity index (χ0v) is 9.08. The lowest BCUT2D eigenvalue weighted by Crippen LogP contribution is -2.34. The van der Waals surface area contributed by atoms with Gasteiger partial charge in [-0.25, -0.2) is 0 Å². The molecular weight excluding hydrogens is 176 g/mol. The van der Waals surface area contributed by atoms with E-state index in [0.717, 1.165) is 17.5 Å². The molecule has 0 saturated heterocycles. The quantitative estimate of drug-likeness (QED) is 0.792. The molecule has 1 rings (SSSR count). The highest BCUT2D eigenvalue weighted by atomic mass is 16.5. The lowest BCUT2D eigenvalue weighted by Gasteiger charge is -2.24. The molecule has 1 heterocycles. The first-order valence-electron chi connectivity index (χ1n) is 4.76. The van der Waals surface area contributed by atoms with E-state index >= 15 is 0 Å². The van der Waals surface area contributed by atoms with Gasteiger partial charge in [0.05, 0.1) is 0 Å². The van der Waals surface area contributed by atoms with Crippen molar-refractivity contribution in [2.24, 2.45) is 5.73 Å². The minimum atomic E-state index is -0.352. The van der Waals surface area contributed by atoms with Crippen LogP contribution in [0.15, 0.2) is 18.5 Å². The van der Waals surface area contributed by atoms with Crippen LogP contribution >= 0.6 is 0 Å². The first-order valence-corrected chi connectivity index (χ1v) is 4.76. The van der Waals surface area contributed by atoms with E-state index in [1.807, 2.05) is 26.2 Å². The Bertz CT molecular complexity index is 297. The number of nitrogens with zero attached hydrogens (tertiary/aromatic N) is 1. The Hall–Kier alpha value is -0.930. The van der Waals surface area contributed by atoms with Gasteiger partial charge in [0.25, 0.3) is 0 Å². The monoisotopic (exact) mass is 194 g/mol. The van der Waals surface area contributed by atoms with Crippen molar-refractivity contribution in [3.05, 3.63) is 29.6 Å². The average molecular weight is 194 g/mol. The van der Waals surface area contributed by atoms with Crippen molar-refractivity contribution in [2.45, 2.75) is 25.8 Å². The molecule has 2 N–H and O–H groups in total. The summed E-state index contributed by atoms with van der Waals surface area (Å²) >= 11 is 0. The Morgan fingerprint density at radius 3 is 2.79 bits per heavy atom. The van der Waals surface area contributed by atoms with Gasteiger partial charge in [-0.05, 0) is 31.4 Å². The molecule has 0 bridgehead atoms. The molecule has 1 unspecified atom stereocenters. The van der Waals surface area contributed by atoms with Crippen molar-refractivity contribution in [1.29, 1.82) is 0 Å². The minimum absolute atomic E-state index is 0.352. The van der Waals surface area contributed by atoms with Gasteiger partial charge in [0.15, 0.2) is 0 Å². The fourth-order valence-electron chi connectivity index (χ4n) is 1.33. The number of methoxy groups -OCH3 is 1. The van der Waals surface area contributed by atoms with Crippen LogP contribution in [0.3, 0.4) is 0 Å². The van der Waals surface area contributed by atoms with Crippen LogP contribution in [0.2, 0.25) is 0 Å². The average Bonchev–Trinajstić information content (AvgIpc) is 2.15. The third-order valence-electron chi connectivity index (χ3n) is 2.36. The first-order chi connectivity index (χ1) is 6.56. The van der Waals surface area contributed by atoms with Crippen LogP contribution in [0, 0.1) is 6.92 Å². The molecule has 0 aliphatic heterocycles. The molecule has 0 fully saturated rings. The molecule has 0 saturated carbocycles. The number of aromatic nitrogens is 1. The minimum Gasteiger partial charge on any atom is -0.385 e. The highest BCUT2D eigenvalue weighted by Crippen LogP contribution is 2.21. The molecule has 3 nitrogen and oxygen atoms in total. The molecule has 1 aromatic rings. The smallest absolute Gasteiger partial charge is 0.0483 e. The summed E-state index contributed by atoms with van der Waals surface area (Å²) in [6.07, 6.45) is 4.45. The molecule has 0 spiro atoms. The highest BCUT2D eigenvalue weighted by Gasteiger charge is 2.20. The van der Waals surface area contributed by atoms with E-state index < -0.39 is 0 Å². The Morgan fingerprint density at radius 1 is 1.50 bits per heavy atom. The molecule has 0 radical (unpaired) electrons. The molecule has 0 aromatic carbocycles. The number of nitrogens with two attached hydrogens (primary N) is 1. The van der Waals surface area contributed by atoms with Crippen LogP contribution in [-0.2, 0) is 10.3 Å². The standard InChI is InChI=1S/C11H18N2O/c1-9-6-10(8-13-7-9)11(2,12)4-5-14-3/h6-8H,4-5,12H2,1-3H3. The summed E-state index contributed by atoms with van der Waals surface area (Å²) in [7, 11) is 1.69. The molecular formula is C11H18N2O. The van der Waals surface area contributed by atoms with Crippen LogP contribution < -0.4 is 5.73 Å². The lowest BCUT2D eigenvalue weighted by atomic mass is 9.91. The van der Waals surface area contributed by atoms with E-state index in [1.165, 1.54) is 0 Å². The summed E-state index contributed by atoms with van der Waals surface area (Å²) in [5, 5.41) is 0. The van der Waals surface area contributed by atoms with Gasteiger partial charge in [-0.15, -0.1) is 0 Å². The third kappa shape index (κ3) is 2.79. The normalized spacial score (nSPS) is 15.1. The van der Waals surface area contributed by atoms with Gasteiger partial charge in [-0.1, -0.05) is 6.07 Å². The maximum absolute atomic E-state index is 6.17. The summed E-state index contributed by atoms with van der Waals surface area (Å²) in [4.78, 5) is 4.14. The molecule has 3 heteroatoms.